The zero-order valence-corrected chi connectivity index (χ0v) is 20.2. The minimum atomic E-state index is -0.969. The number of hydrogen-bond donors (Lipinski definition) is 4. The van der Waals surface area contributed by atoms with Crippen LogP contribution in [0.4, 0.5) is 23.3 Å². The van der Waals surface area contributed by atoms with E-state index >= 15 is 0 Å². The first-order valence-electron chi connectivity index (χ1n) is 11.1. The second-order valence-electron chi connectivity index (χ2n) is 8.59. The summed E-state index contributed by atoms with van der Waals surface area (Å²) < 4.78 is 0. The number of aromatic carboxylic acids is 1. The predicted octanol–water partition coefficient (Wildman–Crippen LogP) is 5.78. The van der Waals surface area contributed by atoms with Gasteiger partial charge in [-0.25, -0.2) is 4.79 Å². The van der Waals surface area contributed by atoms with Gasteiger partial charge in [0.25, 0.3) is 0 Å². The predicted molar refractivity (Wildman–Crippen MR) is 134 cm³/mol. The molecular weight excluding hydrogens is 416 g/mol. The average Bonchev–Trinajstić information content (AvgIpc) is 2.74. The first-order valence-corrected chi connectivity index (χ1v) is 11.1. The zero-order chi connectivity index (χ0) is 24.6. The highest BCUT2D eigenvalue weighted by Gasteiger charge is 2.23. The molecule has 0 spiro atoms. The van der Waals surface area contributed by atoms with Crippen LogP contribution in [0.5, 0.6) is 0 Å². The van der Waals surface area contributed by atoms with Gasteiger partial charge in [0.15, 0.2) is 0 Å². The fourth-order valence-electron chi connectivity index (χ4n) is 2.90. The maximum atomic E-state index is 11.3. The third-order valence-corrected chi connectivity index (χ3v) is 4.57. The van der Waals surface area contributed by atoms with Crippen molar-refractivity contribution in [2.75, 3.05) is 16.4 Å². The molecule has 0 aliphatic heterocycles. The van der Waals surface area contributed by atoms with E-state index in [1.165, 1.54) is 6.42 Å². The maximum Gasteiger partial charge on any atom is 0.335 e. The van der Waals surface area contributed by atoms with Crippen LogP contribution >= 0.6 is 0 Å². The van der Waals surface area contributed by atoms with E-state index < -0.39 is 11.5 Å². The maximum absolute atomic E-state index is 11.3. The van der Waals surface area contributed by atoms with Crippen molar-refractivity contribution in [3.05, 3.63) is 65.5 Å². The Bertz CT molecular complexity index is 1080. The highest BCUT2D eigenvalue weighted by atomic mass is 16.4. The highest BCUT2D eigenvalue weighted by Crippen LogP contribution is 2.26. The molecule has 8 nitrogen and oxygen atoms in total. The van der Waals surface area contributed by atoms with E-state index in [1.807, 2.05) is 45.9 Å². The summed E-state index contributed by atoms with van der Waals surface area (Å²) >= 11 is 0. The van der Waals surface area contributed by atoms with Gasteiger partial charge in [0.2, 0.25) is 11.9 Å². The molecule has 1 aromatic heterocycles. The molecule has 0 unspecified atom stereocenters. The number of rotatable bonds is 7. The van der Waals surface area contributed by atoms with Gasteiger partial charge < -0.3 is 21.5 Å². The summed E-state index contributed by atoms with van der Waals surface area (Å²) in [5.41, 5.74) is 7.68. The van der Waals surface area contributed by atoms with Crippen LogP contribution in [0.1, 0.15) is 75.6 Å². The molecule has 176 valence electrons. The Morgan fingerprint density at radius 1 is 1.03 bits per heavy atom. The van der Waals surface area contributed by atoms with Crippen LogP contribution in [-0.4, -0.2) is 26.0 Å². The lowest BCUT2D eigenvalue weighted by Gasteiger charge is -2.27. The number of aromatic nitrogens is 3. The van der Waals surface area contributed by atoms with Crippen molar-refractivity contribution < 1.29 is 9.90 Å². The molecule has 1 heterocycles. The Morgan fingerprint density at radius 3 is 2.27 bits per heavy atom. The minimum Gasteiger partial charge on any atom is -0.478 e. The van der Waals surface area contributed by atoms with E-state index in [4.69, 9.17) is 5.73 Å². The summed E-state index contributed by atoms with van der Waals surface area (Å²) in [7, 11) is 0. The fraction of sp³-hybridized carbons (Fsp3) is 0.360. The molecule has 3 aromatic rings. The quantitative estimate of drug-likeness (QED) is 0.334. The fourth-order valence-corrected chi connectivity index (χ4v) is 2.90. The smallest absolute Gasteiger partial charge is 0.335 e. The van der Waals surface area contributed by atoms with Crippen LogP contribution in [-0.2, 0) is 5.54 Å². The van der Waals surface area contributed by atoms with Crippen LogP contribution in [0.25, 0.3) is 0 Å². The Kier molecular flexibility index (Phi) is 8.73. The number of hydrogen-bond acceptors (Lipinski definition) is 7. The van der Waals surface area contributed by atoms with Crippen molar-refractivity contribution in [2.24, 2.45) is 0 Å². The topological polar surface area (TPSA) is 126 Å². The number of nitrogen functional groups attached to an aromatic ring is 1. The molecule has 0 aliphatic carbocycles. The van der Waals surface area contributed by atoms with Crippen molar-refractivity contribution in [1.29, 1.82) is 0 Å². The van der Waals surface area contributed by atoms with Crippen molar-refractivity contribution in [3.63, 3.8) is 0 Å². The van der Waals surface area contributed by atoms with Gasteiger partial charge >= 0.3 is 5.97 Å². The number of carbonyl (C=O) groups is 1. The van der Waals surface area contributed by atoms with Gasteiger partial charge in [0.05, 0.1) is 11.1 Å². The lowest BCUT2D eigenvalue weighted by Crippen LogP contribution is -2.30. The van der Waals surface area contributed by atoms with Crippen LogP contribution < -0.4 is 16.4 Å². The number of carboxylic acid groups (broad SMARTS) is 1. The molecule has 8 heteroatoms. The van der Waals surface area contributed by atoms with Crippen LogP contribution in [0, 0.1) is 0 Å². The largest absolute Gasteiger partial charge is 0.478 e. The first-order chi connectivity index (χ1) is 15.6. The molecule has 3 rings (SSSR count). The SMILES string of the molecule is CC(C)c1nc(Nc2cccc(N)c2)nc(NC(C)(C)c2cccc(C(=O)O)c2)n1.CCC. The second kappa shape index (κ2) is 11.3. The van der Waals surface area contributed by atoms with E-state index in [1.54, 1.807) is 30.3 Å². The summed E-state index contributed by atoms with van der Waals surface area (Å²) in [6.45, 7) is 12.1. The molecular formula is C25H34N6O2. The molecule has 2 aromatic carbocycles. The average molecular weight is 451 g/mol. The van der Waals surface area contributed by atoms with Gasteiger partial charge in [-0.2, -0.15) is 15.0 Å². The number of nitrogens with zero attached hydrogens (tertiary/aromatic N) is 3. The van der Waals surface area contributed by atoms with Crippen LogP contribution in [0.2, 0.25) is 0 Å². The molecule has 5 N–H and O–H groups in total. The van der Waals surface area contributed by atoms with Crippen molar-refractivity contribution in [3.8, 4) is 0 Å². The Morgan fingerprint density at radius 2 is 1.67 bits per heavy atom. The molecule has 0 fully saturated rings. The number of benzene rings is 2. The molecule has 0 bridgehead atoms. The summed E-state index contributed by atoms with van der Waals surface area (Å²) in [5, 5.41) is 15.8. The van der Waals surface area contributed by atoms with Gasteiger partial charge in [-0.15, -0.1) is 0 Å². The van der Waals surface area contributed by atoms with Gasteiger partial charge in [0.1, 0.15) is 5.82 Å². The van der Waals surface area contributed by atoms with Crippen molar-refractivity contribution in [2.45, 2.75) is 59.4 Å². The summed E-state index contributed by atoms with van der Waals surface area (Å²) in [4.78, 5) is 24.9. The molecule has 0 saturated heterocycles. The third-order valence-electron chi connectivity index (χ3n) is 4.57. The van der Waals surface area contributed by atoms with E-state index in [0.29, 0.717) is 23.4 Å². The summed E-state index contributed by atoms with van der Waals surface area (Å²) in [5.74, 6) is 0.550. The molecule has 0 radical (unpaired) electrons. The monoisotopic (exact) mass is 450 g/mol. The Labute approximate surface area is 195 Å². The van der Waals surface area contributed by atoms with Crippen molar-refractivity contribution in [1.82, 2.24) is 15.0 Å². The van der Waals surface area contributed by atoms with Crippen LogP contribution in [0.3, 0.4) is 0 Å². The molecule has 0 saturated carbocycles. The zero-order valence-electron chi connectivity index (χ0n) is 20.2. The normalized spacial score (nSPS) is 10.9. The van der Waals surface area contributed by atoms with E-state index in [-0.39, 0.29) is 11.5 Å². The lowest BCUT2D eigenvalue weighted by atomic mass is 9.93. The lowest BCUT2D eigenvalue weighted by molar-refractivity contribution is 0.0696. The Hall–Kier alpha value is -3.68. The van der Waals surface area contributed by atoms with Gasteiger partial charge in [0, 0.05) is 17.3 Å². The number of nitrogens with two attached hydrogens (primary N) is 1. The number of anilines is 4. The van der Waals surface area contributed by atoms with E-state index in [9.17, 15) is 9.90 Å². The minimum absolute atomic E-state index is 0.0911. The van der Waals surface area contributed by atoms with E-state index in [0.717, 1.165) is 11.3 Å². The van der Waals surface area contributed by atoms with Gasteiger partial charge in [-0.1, -0.05) is 52.3 Å². The highest BCUT2D eigenvalue weighted by molar-refractivity contribution is 5.87. The first kappa shape index (κ1) is 25.6. The number of carboxylic acids is 1. The third kappa shape index (κ3) is 7.45. The van der Waals surface area contributed by atoms with Gasteiger partial charge in [-0.3, -0.25) is 0 Å². The number of nitrogens with one attached hydrogen (secondary N) is 2. The standard InChI is InChI=1S/C22H26N6O2.C3H8/c1-13(2)18-25-20(24-17-10-6-9-16(23)12-17)27-21(26-18)28-22(3,4)15-8-5-7-14(11-15)19(29)30;1-3-2/h5-13H,23H2,1-4H3,(H,29,30)(H2,24,25,26,27,28);3H2,1-2H3. The van der Waals surface area contributed by atoms with E-state index in [2.05, 4.69) is 39.4 Å². The summed E-state index contributed by atoms with van der Waals surface area (Å²) in [6, 6.07) is 14.1. The van der Waals surface area contributed by atoms with Crippen molar-refractivity contribution >= 4 is 29.2 Å². The molecule has 33 heavy (non-hydrogen) atoms. The summed E-state index contributed by atoms with van der Waals surface area (Å²) in [6.07, 6.45) is 1.25. The molecule has 0 aliphatic rings. The van der Waals surface area contributed by atoms with Gasteiger partial charge in [-0.05, 0) is 49.7 Å². The second-order valence-corrected chi connectivity index (χ2v) is 8.59. The molecule has 0 amide bonds. The molecule has 0 atom stereocenters. The van der Waals surface area contributed by atoms with Crippen LogP contribution in [0.15, 0.2) is 48.5 Å². The Balaban J connectivity index is 0.00000122.